The van der Waals surface area contributed by atoms with E-state index >= 15 is 0 Å². The van der Waals surface area contributed by atoms with Crippen LogP contribution in [0.15, 0.2) is 54.6 Å². The molecule has 6 nitrogen and oxygen atoms in total. The first-order valence-corrected chi connectivity index (χ1v) is 8.18. The third-order valence-electron chi connectivity index (χ3n) is 4.51. The quantitative estimate of drug-likeness (QED) is 0.817. The molecule has 1 N–H and O–H groups in total. The molecule has 0 bridgehead atoms. The van der Waals surface area contributed by atoms with Crippen LogP contribution in [0.4, 0.5) is 23.7 Å². The van der Waals surface area contributed by atoms with Gasteiger partial charge in [0.25, 0.3) is 5.91 Å². The third kappa shape index (κ3) is 3.03. The summed E-state index contributed by atoms with van der Waals surface area (Å²) in [7, 11) is 1.51. The Labute approximate surface area is 158 Å². The lowest BCUT2D eigenvalue weighted by Gasteiger charge is -2.30. The molecular weight excluding hydrogens is 373 g/mol. The van der Waals surface area contributed by atoms with Crippen LogP contribution in [0.3, 0.4) is 0 Å². The van der Waals surface area contributed by atoms with E-state index in [0.717, 1.165) is 12.1 Å². The minimum Gasteiger partial charge on any atom is -0.356 e. The first-order valence-electron chi connectivity index (χ1n) is 8.18. The first-order chi connectivity index (χ1) is 13.2. The van der Waals surface area contributed by atoms with Crippen molar-refractivity contribution in [3.8, 4) is 6.07 Å². The highest BCUT2D eigenvalue weighted by Crippen LogP contribution is 2.43. The molecule has 2 aromatic rings. The van der Waals surface area contributed by atoms with E-state index in [0.29, 0.717) is 16.2 Å². The zero-order valence-electron chi connectivity index (χ0n) is 14.7. The van der Waals surface area contributed by atoms with E-state index in [1.54, 1.807) is 18.2 Å². The van der Waals surface area contributed by atoms with Crippen molar-refractivity contribution in [3.63, 3.8) is 0 Å². The van der Waals surface area contributed by atoms with E-state index in [4.69, 9.17) is 5.26 Å². The van der Waals surface area contributed by atoms with Crippen molar-refractivity contribution in [3.05, 3.63) is 65.7 Å². The minimum absolute atomic E-state index is 0.343. The van der Waals surface area contributed by atoms with Crippen LogP contribution < -0.4 is 10.2 Å². The molecule has 3 amide bonds. The summed E-state index contributed by atoms with van der Waals surface area (Å²) in [6.07, 6.45) is -5.03. The van der Waals surface area contributed by atoms with Gasteiger partial charge < -0.3 is 10.2 Å². The molecule has 1 atom stereocenters. The summed E-state index contributed by atoms with van der Waals surface area (Å²) in [5.41, 5.74) is -2.68. The topological polar surface area (TPSA) is 76.4 Å². The molecule has 28 heavy (non-hydrogen) atoms. The molecule has 0 radical (unpaired) electrons. The summed E-state index contributed by atoms with van der Waals surface area (Å²) in [6.45, 7) is -0.412. The van der Waals surface area contributed by atoms with Crippen LogP contribution in [0.25, 0.3) is 0 Å². The highest BCUT2D eigenvalue weighted by molar-refractivity contribution is 6.08. The number of rotatable bonds is 4. The summed E-state index contributed by atoms with van der Waals surface area (Å²) >= 11 is 0. The summed E-state index contributed by atoms with van der Waals surface area (Å²) < 4.78 is 41.8. The van der Waals surface area contributed by atoms with E-state index in [2.05, 4.69) is 0 Å². The van der Waals surface area contributed by atoms with E-state index < -0.39 is 30.3 Å². The fourth-order valence-corrected chi connectivity index (χ4v) is 3.05. The largest absolute Gasteiger partial charge is 0.425 e. The van der Waals surface area contributed by atoms with Gasteiger partial charge in [0, 0.05) is 12.7 Å². The van der Waals surface area contributed by atoms with Crippen LogP contribution in [0.2, 0.25) is 0 Å². The fraction of sp³-hybridized carbons (Fsp3) is 0.211. The molecule has 1 saturated heterocycles. The van der Waals surface area contributed by atoms with Gasteiger partial charge in [0.05, 0.1) is 11.6 Å². The van der Waals surface area contributed by atoms with Crippen LogP contribution in [-0.2, 0) is 10.3 Å². The number of halogens is 3. The second-order valence-corrected chi connectivity index (χ2v) is 6.28. The van der Waals surface area contributed by atoms with Crippen molar-refractivity contribution in [1.82, 2.24) is 10.2 Å². The molecule has 0 unspecified atom stereocenters. The summed E-state index contributed by atoms with van der Waals surface area (Å²) in [4.78, 5) is 27.1. The lowest BCUT2D eigenvalue weighted by Crippen LogP contribution is -2.56. The van der Waals surface area contributed by atoms with Crippen molar-refractivity contribution >= 4 is 17.6 Å². The molecule has 3 rings (SSSR count). The number of hydrogen-bond acceptors (Lipinski definition) is 4. The van der Waals surface area contributed by atoms with Gasteiger partial charge in [0.15, 0.2) is 0 Å². The Morgan fingerprint density at radius 1 is 1.14 bits per heavy atom. The summed E-state index contributed by atoms with van der Waals surface area (Å²) in [6, 6.07) is 13.6. The van der Waals surface area contributed by atoms with E-state index in [9.17, 15) is 22.8 Å². The molecule has 144 valence electrons. The van der Waals surface area contributed by atoms with Crippen LogP contribution >= 0.6 is 0 Å². The average Bonchev–Trinajstić information content (AvgIpc) is 2.94. The molecule has 0 aliphatic carbocycles. The summed E-state index contributed by atoms with van der Waals surface area (Å²) in [5.74, 6) is -1.40. The SMILES string of the molecule is CN(CN1C(=O)N[C@](c2ccccc2)(C(F)(F)F)C1=O)c1cccc(C#N)c1. The average molecular weight is 388 g/mol. The monoisotopic (exact) mass is 388 g/mol. The Bertz CT molecular complexity index is 956. The zero-order valence-corrected chi connectivity index (χ0v) is 14.7. The Kier molecular flexibility index (Phi) is 4.73. The van der Waals surface area contributed by atoms with Gasteiger partial charge in [0.1, 0.15) is 6.67 Å². The lowest BCUT2D eigenvalue weighted by atomic mass is 9.89. The van der Waals surface area contributed by atoms with Gasteiger partial charge in [-0.2, -0.15) is 18.4 Å². The lowest BCUT2D eigenvalue weighted by molar-refractivity contribution is -0.198. The van der Waals surface area contributed by atoms with Crippen LogP contribution in [0.5, 0.6) is 0 Å². The van der Waals surface area contributed by atoms with E-state index in [1.165, 1.54) is 36.2 Å². The number of nitrogens with one attached hydrogen (secondary N) is 1. The van der Waals surface area contributed by atoms with Crippen LogP contribution in [0, 0.1) is 11.3 Å². The van der Waals surface area contributed by atoms with Gasteiger partial charge in [-0.3, -0.25) is 4.79 Å². The molecule has 0 spiro atoms. The third-order valence-corrected chi connectivity index (χ3v) is 4.51. The van der Waals surface area contributed by atoms with Gasteiger partial charge in [-0.25, -0.2) is 9.69 Å². The maximum Gasteiger partial charge on any atom is 0.425 e. The second-order valence-electron chi connectivity index (χ2n) is 6.28. The predicted octanol–water partition coefficient (Wildman–Crippen LogP) is 2.96. The number of amides is 3. The van der Waals surface area contributed by atoms with Gasteiger partial charge >= 0.3 is 12.2 Å². The maximum atomic E-state index is 13.9. The van der Waals surface area contributed by atoms with Crippen molar-refractivity contribution in [1.29, 1.82) is 5.26 Å². The van der Waals surface area contributed by atoms with E-state index in [1.807, 2.05) is 11.4 Å². The predicted molar refractivity (Wildman–Crippen MR) is 94.0 cm³/mol. The number of nitrogens with zero attached hydrogens (tertiary/aromatic N) is 3. The van der Waals surface area contributed by atoms with Crippen molar-refractivity contribution in [2.24, 2.45) is 0 Å². The number of anilines is 1. The normalized spacial score (nSPS) is 19.3. The van der Waals surface area contributed by atoms with Crippen molar-refractivity contribution < 1.29 is 22.8 Å². The van der Waals surface area contributed by atoms with Crippen molar-refractivity contribution in [2.45, 2.75) is 11.7 Å². The Morgan fingerprint density at radius 3 is 2.43 bits per heavy atom. The second kappa shape index (κ2) is 6.88. The molecule has 0 aromatic heterocycles. The van der Waals surface area contributed by atoms with Gasteiger partial charge in [-0.05, 0) is 23.8 Å². The van der Waals surface area contributed by atoms with Gasteiger partial charge in [-0.1, -0.05) is 36.4 Å². The minimum atomic E-state index is -5.03. The van der Waals surface area contributed by atoms with Crippen molar-refractivity contribution in [2.75, 3.05) is 18.6 Å². The van der Waals surface area contributed by atoms with Gasteiger partial charge in [-0.15, -0.1) is 0 Å². The number of carbonyl (C=O) groups is 2. The maximum absolute atomic E-state index is 13.9. The molecule has 9 heteroatoms. The molecule has 1 aliphatic heterocycles. The molecule has 1 fully saturated rings. The number of alkyl halides is 3. The van der Waals surface area contributed by atoms with Crippen LogP contribution in [0.1, 0.15) is 11.1 Å². The number of benzene rings is 2. The fourth-order valence-electron chi connectivity index (χ4n) is 3.05. The standard InChI is InChI=1S/C19H15F3N4O2/c1-25(15-9-5-6-13(10-15)11-23)12-26-16(27)18(19(20,21)22,24-17(26)28)14-7-3-2-4-8-14/h2-10H,12H2,1H3,(H,24,28)/t18-/m0/s1. The Hall–Kier alpha value is -3.54. The highest BCUT2D eigenvalue weighted by atomic mass is 19.4. The number of carbonyl (C=O) groups excluding carboxylic acids is 2. The highest BCUT2D eigenvalue weighted by Gasteiger charge is 2.68. The molecule has 0 saturated carbocycles. The number of imide groups is 1. The van der Waals surface area contributed by atoms with Gasteiger partial charge in [0.2, 0.25) is 5.54 Å². The first kappa shape index (κ1) is 19.2. The molecule has 1 aliphatic rings. The van der Waals surface area contributed by atoms with E-state index in [-0.39, 0.29) is 5.56 Å². The Balaban J connectivity index is 1.95. The molecular formula is C19H15F3N4O2. The molecule has 1 heterocycles. The number of nitriles is 1. The smallest absolute Gasteiger partial charge is 0.356 e. The number of urea groups is 1. The summed E-state index contributed by atoms with van der Waals surface area (Å²) in [5, 5.41) is 10.8. The number of hydrogen-bond donors (Lipinski definition) is 1. The van der Waals surface area contributed by atoms with Crippen LogP contribution in [-0.4, -0.2) is 36.7 Å². The zero-order chi connectivity index (χ0) is 20.5. The Morgan fingerprint density at radius 2 is 1.82 bits per heavy atom. The molecule has 2 aromatic carbocycles.